The smallest absolute Gasteiger partial charge is 0.433 e. The molecule has 2 aromatic heterocycles. The Morgan fingerprint density at radius 2 is 1.58 bits per heavy atom. The Balaban J connectivity index is 1.76. The highest BCUT2D eigenvalue weighted by Gasteiger charge is 2.42. The number of amides is 1. The summed E-state index contributed by atoms with van der Waals surface area (Å²) < 4.78 is 139. The number of carboxylic acid groups (broad SMARTS) is 1. The number of alkyl halides is 9. The van der Waals surface area contributed by atoms with Crippen LogP contribution >= 0.6 is 0 Å². The number of aromatic nitrogens is 3. The zero-order chi connectivity index (χ0) is 40.9. The number of benzene rings is 1. The van der Waals surface area contributed by atoms with E-state index >= 15 is 0 Å². The average molecular weight is 798 g/mol. The van der Waals surface area contributed by atoms with Gasteiger partial charge in [-0.2, -0.15) is 39.5 Å². The molecule has 302 valence electrons. The van der Waals surface area contributed by atoms with Gasteiger partial charge < -0.3 is 29.7 Å². The molecule has 0 unspecified atom stereocenters. The van der Waals surface area contributed by atoms with Crippen LogP contribution in [0.15, 0.2) is 36.5 Å². The highest BCUT2D eigenvalue weighted by Crippen LogP contribution is 2.42. The van der Waals surface area contributed by atoms with Crippen LogP contribution in [0.4, 0.5) is 55.9 Å². The summed E-state index contributed by atoms with van der Waals surface area (Å²) in [6, 6.07) is 0.704. The van der Waals surface area contributed by atoms with E-state index < -0.39 is 83.5 Å². The van der Waals surface area contributed by atoms with Crippen LogP contribution in [0.5, 0.6) is 5.75 Å². The standard InChI is InChI=1S/C34H36F9N5O7/c1-4-21-15-23(27-24(5-6-26(47-27)34(41,42)43)48(21)30(52)55-17-31(2,3)28(50)51)46-29-44-16-25(54-10-9-53-8-7-49)22(45-29)13-18-11-19(32(35,36)37)14-20(12-18)33(38,39)40/h5-6,11-12,14,16,21,23,49H,4,7-10,13,15,17H2,1-3H3,(H,50,51)(H,44,45,46)/t21-,23+/m1/s1. The molecule has 12 nitrogen and oxygen atoms in total. The van der Waals surface area contributed by atoms with E-state index in [1.54, 1.807) is 6.92 Å². The first-order valence-electron chi connectivity index (χ1n) is 16.5. The minimum Gasteiger partial charge on any atom is -0.488 e. The van der Waals surface area contributed by atoms with Gasteiger partial charge in [-0.05, 0) is 62.6 Å². The van der Waals surface area contributed by atoms with Crippen molar-refractivity contribution in [2.24, 2.45) is 5.41 Å². The minimum absolute atomic E-state index is 0.0364. The molecule has 0 bridgehead atoms. The maximum atomic E-state index is 13.9. The molecule has 1 aromatic carbocycles. The van der Waals surface area contributed by atoms with Crippen molar-refractivity contribution >= 4 is 23.7 Å². The highest BCUT2D eigenvalue weighted by atomic mass is 19.4. The molecule has 0 fully saturated rings. The lowest BCUT2D eigenvalue weighted by molar-refractivity contribution is -0.149. The number of carboxylic acids is 1. The number of carbonyl (C=O) groups is 2. The summed E-state index contributed by atoms with van der Waals surface area (Å²) in [7, 11) is 0. The van der Waals surface area contributed by atoms with Gasteiger partial charge in [0.1, 0.15) is 18.9 Å². The van der Waals surface area contributed by atoms with Crippen LogP contribution < -0.4 is 15.0 Å². The number of rotatable bonds is 14. The Hall–Kier alpha value is -4.92. The number of nitrogens with one attached hydrogen (secondary N) is 1. The Bertz CT molecular complexity index is 1810. The maximum absolute atomic E-state index is 13.9. The molecule has 55 heavy (non-hydrogen) atoms. The molecule has 0 saturated carbocycles. The number of hydrogen-bond acceptors (Lipinski definition) is 10. The summed E-state index contributed by atoms with van der Waals surface area (Å²) >= 11 is 0. The highest BCUT2D eigenvalue weighted by molar-refractivity contribution is 5.90. The molecular weight excluding hydrogens is 761 g/mol. The molecule has 21 heteroatoms. The molecule has 0 aliphatic carbocycles. The van der Waals surface area contributed by atoms with Crippen molar-refractivity contribution in [2.45, 2.75) is 70.6 Å². The zero-order valence-corrected chi connectivity index (χ0v) is 29.4. The minimum atomic E-state index is -5.14. The monoisotopic (exact) mass is 797 g/mol. The lowest BCUT2D eigenvalue weighted by Crippen LogP contribution is -2.47. The molecule has 0 saturated heterocycles. The molecule has 2 atom stereocenters. The summed E-state index contributed by atoms with van der Waals surface area (Å²) in [6.07, 6.45) is -15.8. The molecule has 1 aliphatic rings. The Labute approximate surface area is 307 Å². The number of halogens is 9. The van der Waals surface area contributed by atoms with Gasteiger partial charge in [-0.1, -0.05) is 6.92 Å². The van der Waals surface area contributed by atoms with Crippen LogP contribution in [0.1, 0.15) is 73.4 Å². The fourth-order valence-electron chi connectivity index (χ4n) is 5.44. The quantitative estimate of drug-likeness (QED) is 0.111. The van der Waals surface area contributed by atoms with Crippen LogP contribution in [-0.4, -0.2) is 76.3 Å². The predicted molar refractivity (Wildman–Crippen MR) is 174 cm³/mol. The Morgan fingerprint density at radius 3 is 2.15 bits per heavy atom. The van der Waals surface area contributed by atoms with Crippen molar-refractivity contribution in [3.8, 4) is 5.75 Å². The van der Waals surface area contributed by atoms with Gasteiger partial charge in [0.15, 0.2) is 5.75 Å². The van der Waals surface area contributed by atoms with Gasteiger partial charge in [0, 0.05) is 12.5 Å². The van der Waals surface area contributed by atoms with Crippen molar-refractivity contribution in [2.75, 3.05) is 43.3 Å². The SMILES string of the molecule is CC[C@@H]1C[C@H](Nc2ncc(OCCOCCO)c(Cc3cc(C(F)(F)F)cc(C(F)(F)F)c3)n2)c2nc(C(F)(F)F)ccc2N1C(=O)OCC(C)(C)C(=O)O. The largest absolute Gasteiger partial charge is 0.488 e. The molecule has 4 rings (SSSR count). The summed E-state index contributed by atoms with van der Waals surface area (Å²) in [5, 5.41) is 21.2. The molecule has 1 amide bonds. The number of ether oxygens (including phenoxy) is 3. The molecule has 3 N–H and O–H groups in total. The van der Waals surface area contributed by atoms with Crippen LogP contribution in [-0.2, 0) is 39.2 Å². The third-order valence-corrected chi connectivity index (χ3v) is 8.33. The van der Waals surface area contributed by atoms with Crippen molar-refractivity contribution < 1.29 is 73.5 Å². The van der Waals surface area contributed by atoms with Gasteiger partial charge in [0.25, 0.3) is 0 Å². The fourth-order valence-corrected chi connectivity index (χ4v) is 5.44. The molecule has 0 spiro atoms. The zero-order valence-electron chi connectivity index (χ0n) is 29.4. The number of carbonyl (C=O) groups excluding carboxylic acids is 1. The van der Waals surface area contributed by atoms with Gasteiger partial charge in [-0.15, -0.1) is 0 Å². The molecular formula is C34H36F9N5O7. The second kappa shape index (κ2) is 16.8. The van der Waals surface area contributed by atoms with Crippen LogP contribution in [0, 0.1) is 5.41 Å². The van der Waals surface area contributed by atoms with Crippen LogP contribution in [0.25, 0.3) is 0 Å². The molecule has 3 heterocycles. The van der Waals surface area contributed by atoms with Crippen LogP contribution in [0.3, 0.4) is 0 Å². The third-order valence-electron chi connectivity index (χ3n) is 8.33. The summed E-state index contributed by atoms with van der Waals surface area (Å²) in [5.74, 6) is -1.77. The first kappa shape index (κ1) is 42.8. The van der Waals surface area contributed by atoms with Gasteiger partial charge in [-0.3, -0.25) is 9.69 Å². The van der Waals surface area contributed by atoms with E-state index in [1.807, 2.05) is 0 Å². The lowest BCUT2D eigenvalue weighted by Gasteiger charge is -2.40. The van der Waals surface area contributed by atoms with Gasteiger partial charge in [0.2, 0.25) is 5.95 Å². The van der Waals surface area contributed by atoms with E-state index in [0.29, 0.717) is 18.2 Å². The second-order valence-electron chi connectivity index (χ2n) is 13.0. The van der Waals surface area contributed by atoms with E-state index in [1.165, 1.54) is 13.8 Å². The van der Waals surface area contributed by atoms with Gasteiger partial charge >= 0.3 is 30.6 Å². The molecule has 3 aromatic rings. The van der Waals surface area contributed by atoms with E-state index in [4.69, 9.17) is 19.3 Å². The fraction of sp³-hybridized carbons (Fsp3) is 0.500. The Kier molecular flexibility index (Phi) is 13.1. The number of aliphatic carboxylic acids is 1. The second-order valence-corrected chi connectivity index (χ2v) is 13.0. The average Bonchev–Trinajstić information content (AvgIpc) is 3.09. The van der Waals surface area contributed by atoms with Crippen molar-refractivity contribution in [3.63, 3.8) is 0 Å². The summed E-state index contributed by atoms with van der Waals surface area (Å²) in [5.41, 5.74) is -7.07. The maximum Gasteiger partial charge on any atom is 0.433 e. The van der Waals surface area contributed by atoms with E-state index in [0.717, 1.165) is 17.2 Å². The third kappa shape index (κ3) is 10.9. The number of anilines is 2. The number of aliphatic hydroxyl groups is 1. The van der Waals surface area contributed by atoms with Crippen molar-refractivity contribution in [1.82, 2.24) is 15.0 Å². The molecule has 0 radical (unpaired) electrons. The van der Waals surface area contributed by atoms with Gasteiger partial charge in [0.05, 0.1) is 65.7 Å². The number of aliphatic hydroxyl groups excluding tert-OH is 1. The lowest BCUT2D eigenvalue weighted by atomic mass is 9.93. The van der Waals surface area contributed by atoms with Crippen LogP contribution in [0.2, 0.25) is 0 Å². The van der Waals surface area contributed by atoms with Crippen molar-refractivity contribution in [1.29, 1.82) is 0 Å². The predicted octanol–water partition coefficient (Wildman–Crippen LogP) is 7.30. The number of fused-ring (bicyclic) bond motifs is 1. The number of hydrogen-bond donors (Lipinski definition) is 3. The Morgan fingerprint density at radius 1 is 0.927 bits per heavy atom. The topological polar surface area (TPSA) is 156 Å². The molecule has 1 aliphatic heterocycles. The van der Waals surface area contributed by atoms with Crippen molar-refractivity contribution in [3.05, 3.63) is 70.3 Å². The summed E-state index contributed by atoms with van der Waals surface area (Å²) in [4.78, 5) is 38.2. The van der Waals surface area contributed by atoms with E-state index in [2.05, 4.69) is 20.3 Å². The first-order valence-corrected chi connectivity index (χ1v) is 16.5. The number of pyridine rings is 1. The van der Waals surface area contributed by atoms with Gasteiger partial charge in [-0.25, -0.2) is 19.7 Å². The normalized spacial score (nSPS) is 16.4. The van der Waals surface area contributed by atoms with E-state index in [-0.39, 0.29) is 74.1 Å². The summed E-state index contributed by atoms with van der Waals surface area (Å²) in [6.45, 7) is 3.05. The number of nitrogens with zero attached hydrogens (tertiary/aromatic N) is 4. The van der Waals surface area contributed by atoms with E-state index in [9.17, 15) is 54.2 Å². The first-order chi connectivity index (χ1) is 25.5.